The molecule has 0 spiro atoms. The van der Waals surface area contributed by atoms with E-state index in [0.717, 1.165) is 0 Å². The van der Waals surface area contributed by atoms with Crippen LogP contribution in [0.4, 0.5) is 16.2 Å². The zero-order valence-electron chi connectivity index (χ0n) is 13.5. The molecule has 1 saturated heterocycles. The van der Waals surface area contributed by atoms with Crippen LogP contribution in [-0.4, -0.2) is 30.1 Å². The summed E-state index contributed by atoms with van der Waals surface area (Å²) in [4.78, 5) is 36.8. The molecule has 2 rings (SSSR count). The van der Waals surface area contributed by atoms with Gasteiger partial charge in [0.15, 0.2) is 0 Å². The first-order valence-corrected chi connectivity index (χ1v) is 7.36. The van der Waals surface area contributed by atoms with Gasteiger partial charge in [0.2, 0.25) is 11.8 Å². The third kappa shape index (κ3) is 4.21. The minimum absolute atomic E-state index is 0.0795. The van der Waals surface area contributed by atoms with E-state index in [0.29, 0.717) is 11.4 Å². The molecule has 1 fully saturated rings. The van der Waals surface area contributed by atoms with Crippen LogP contribution in [-0.2, 0) is 14.3 Å². The normalized spacial score (nSPS) is 18.0. The van der Waals surface area contributed by atoms with Crippen LogP contribution in [0.5, 0.6) is 0 Å². The van der Waals surface area contributed by atoms with Crippen molar-refractivity contribution in [2.75, 3.05) is 16.8 Å². The molecule has 1 aromatic carbocycles. The van der Waals surface area contributed by atoms with Crippen LogP contribution < -0.4 is 16.0 Å². The molecular formula is C16H21N3O4. The van der Waals surface area contributed by atoms with Crippen LogP contribution in [0.15, 0.2) is 24.3 Å². The lowest BCUT2D eigenvalue weighted by Crippen LogP contribution is -2.30. The van der Waals surface area contributed by atoms with Gasteiger partial charge in [0, 0.05) is 13.0 Å². The van der Waals surface area contributed by atoms with Gasteiger partial charge in [0.05, 0.1) is 17.3 Å². The summed E-state index contributed by atoms with van der Waals surface area (Å²) < 4.78 is 5.22. The zero-order chi connectivity index (χ0) is 17.2. The van der Waals surface area contributed by atoms with Gasteiger partial charge in [-0.15, -0.1) is 0 Å². The first-order valence-electron chi connectivity index (χ1n) is 7.36. The fourth-order valence-electron chi connectivity index (χ4n) is 2.36. The van der Waals surface area contributed by atoms with E-state index < -0.39 is 23.5 Å². The van der Waals surface area contributed by atoms with Gasteiger partial charge in [-0.2, -0.15) is 0 Å². The van der Waals surface area contributed by atoms with Crippen molar-refractivity contribution in [1.29, 1.82) is 0 Å². The Morgan fingerprint density at radius 2 is 1.96 bits per heavy atom. The molecule has 23 heavy (non-hydrogen) atoms. The molecular weight excluding hydrogens is 298 g/mol. The summed E-state index contributed by atoms with van der Waals surface area (Å²) in [6.07, 6.45) is -0.529. The predicted octanol–water partition coefficient (Wildman–Crippen LogP) is 1.87. The zero-order valence-corrected chi connectivity index (χ0v) is 13.5. The Bertz CT molecular complexity index is 636. The van der Waals surface area contributed by atoms with Gasteiger partial charge in [0.1, 0.15) is 5.60 Å². The minimum atomic E-state index is -0.625. The Labute approximate surface area is 134 Å². The van der Waals surface area contributed by atoms with Gasteiger partial charge >= 0.3 is 6.09 Å². The number of rotatable bonds is 3. The third-order valence-corrected chi connectivity index (χ3v) is 3.36. The first kappa shape index (κ1) is 16.8. The molecule has 0 saturated carbocycles. The maximum absolute atomic E-state index is 12.1. The number of carbonyl (C=O) groups excluding carboxylic acids is 3. The molecule has 1 heterocycles. The Kier molecular flexibility index (Phi) is 4.58. The smallest absolute Gasteiger partial charge is 0.412 e. The van der Waals surface area contributed by atoms with E-state index >= 15 is 0 Å². The summed E-state index contributed by atoms with van der Waals surface area (Å²) in [6, 6.07) is 6.86. The molecule has 1 aliphatic rings. The fourth-order valence-corrected chi connectivity index (χ4v) is 2.36. The van der Waals surface area contributed by atoms with E-state index in [9.17, 15) is 14.4 Å². The van der Waals surface area contributed by atoms with Crippen LogP contribution >= 0.6 is 0 Å². The second-order valence-electron chi connectivity index (χ2n) is 6.45. The molecule has 0 bridgehead atoms. The fraction of sp³-hybridized carbons (Fsp3) is 0.438. The number of para-hydroxylation sites is 2. The molecule has 7 heteroatoms. The van der Waals surface area contributed by atoms with Crippen molar-refractivity contribution in [2.45, 2.75) is 32.8 Å². The maximum Gasteiger partial charge on any atom is 0.412 e. The van der Waals surface area contributed by atoms with Gasteiger partial charge in [-0.05, 0) is 32.9 Å². The second kappa shape index (κ2) is 6.28. The number of carbonyl (C=O) groups is 3. The number of benzene rings is 1. The topological polar surface area (TPSA) is 102 Å². The summed E-state index contributed by atoms with van der Waals surface area (Å²) in [7, 11) is 0. The van der Waals surface area contributed by atoms with E-state index in [1.165, 1.54) is 4.90 Å². The molecule has 3 amide bonds. The number of nitrogens with one attached hydrogen (secondary N) is 1. The van der Waals surface area contributed by atoms with Crippen molar-refractivity contribution in [3.8, 4) is 0 Å². The number of ether oxygens (including phenoxy) is 1. The highest BCUT2D eigenvalue weighted by atomic mass is 16.6. The van der Waals surface area contributed by atoms with Gasteiger partial charge in [-0.25, -0.2) is 4.79 Å². The van der Waals surface area contributed by atoms with E-state index in [1.54, 1.807) is 45.0 Å². The number of hydrogen-bond donors (Lipinski definition) is 2. The van der Waals surface area contributed by atoms with E-state index in [2.05, 4.69) is 5.32 Å². The number of anilines is 2. The molecule has 7 nitrogen and oxygen atoms in total. The van der Waals surface area contributed by atoms with Crippen LogP contribution in [0.1, 0.15) is 27.2 Å². The largest absolute Gasteiger partial charge is 0.444 e. The Morgan fingerprint density at radius 1 is 1.30 bits per heavy atom. The maximum atomic E-state index is 12.1. The highest BCUT2D eigenvalue weighted by Gasteiger charge is 2.35. The van der Waals surface area contributed by atoms with Crippen molar-refractivity contribution in [2.24, 2.45) is 11.7 Å². The number of amides is 3. The molecule has 0 radical (unpaired) electrons. The van der Waals surface area contributed by atoms with Crippen LogP contribution in [0, 0.1) is 5.92 Å². The molecule has 124 valence electrons. The summed E-state index contributed by atoms with van der Waals surface area (Å²) in [6.45, 7) is 5.50. The van der Waals surface area contributed by atoms with Crippen molar-refractivity contribution in [3.05, 3.63) is 24.3 Å². The molecule has 1 aliphatic heterocycles. The van der Waals surface area contributed by atoms with Gasteiger partial charge in [-0.3, -0.25) is 14.9 Å². The lowest BCUT2D eigenvalue weighted by atomic mass is 10.1. The molecule has 0 aliphatic carbocycles. The number of nitrogens with two attached hydrogens (primary N) is 1. The molecule has 3 N–H and O–H groups in total. The number of hydrogen-bond acceptors (Lipinski definition) is 4. The average molecular weight is 319 g/mol. The van der Waals surface area contributed by atoms with Crippen molar-refractivity contribution < 1.29 is 19.1 Å². The molecule has 1 unspecified atom stereocenters. The predicted molar refractivity (Wildman–Crippen MR) is 86.0 cm³/mol. The molecule has 1 aromatic rings. The highest BCUT2D eigenvalue weighted by Crippen LogP contribution is 2.31. The number of nitrogens with zero attached hydrogens (tertiary/aromatic N) is 1. The Balaban J connectivity index is 2.20. The monoisotopic (exact) mass is 319 g/mol. The van der Waals surface area contributed by atoms with Gasteiger partial charge in [-0.1, -0.05) is 12.1 Å². The van der Waals surface area contributed by atoms with Gasteiger partial charge < -0.3 is 15.4 Å². The Hall–Kier alpha value is -2.57. The summed E-state index contributed by atoms with van der Waals surface area (Å²) >= 11 is 0. The quantitative estimate of drug-likeness (QED) is 0.888. The first-order chi connectivity index (χ1) is 10.7. The summed E-state index contributed by atoms with van der Waals surface area (Å²) in [5.41, 5.74) is 5.62. The lowest BCUT2D eigenvalue weighted by molar-refractivity contribution is -0.123. The minimum Gasteiger partial charge on any atom is -0.444 e. The van der Waals surface area contributed by atoms with E-state index in [-0.39, 0.29) is 18.9 Å². The molecule has 0 aromatic heterocycles. The lowest BCUT2D eigenvalue weighted by Gasteiger charge is -2.23. The summed E-state index contributed by atoms with van der Waals surface area (Å²) in [5, 5.41) is 2.64. The Morgan fingerprint density at radius 3 is 2.52 bits per heavy atom. The highest BCUT2D eigenvalue weighted by molar-refractivity contribution is 6.03. The number of primary amides is 1. The molecule has 1 atom stereocenters. The van der Waals surface area contributed by atoms with Crippen LogP contribution in [0.3, 0.4) is 0 Å². The van der Waals surface area contributed by atoms with E-state index in [1.807, 2.05) is 0 Å². The van der Waals surface area contributed by atoms with E-state index in [4.69, 9.17) is 10.5 Å². The SMILES string of the molecule is CC(C)(C)OC(=O)Nc1ccccc1N1CC(C(N)=O)CC1=O. The van der Waals surface area contributed by atoms with Crippen LogP contribution in [0.25, 0.3) is 0 Å². The van der Waals surface area contributed by atoms with Crippen molar-refractivity contribution in [3.63, 3.8) is 0 Å². The summed E-state index contributed by atoms with van der Waals surface area (Å²) in [5.74, 6) is -1.22. The third-order valence-electron chi connectivity index (χ3n) is 3.36. The van der Waals surface area contributed by atoms with Gasteiger partial charge in [0.25, 0.3) is 0 Å². The average Bonchev–Trinajstić information content (AvgIpc) is 2.79. The van der Waals surface area contributed by atoms with Crippen LogP contribution in [0.2, 0.25) is 0 Å². The van der Waals surface area contributed by atoms with Crippen molar-refractivity contribution in [1.82, 2.24) is 0 Å². The second-order valence-corrected chi connectivity index (χ2v) is 6.45. The van der Waals surface area contributed by atoms with Crippen molar-refractivity contribution >= 4 is 29.3 Å². The standard InChI is InChI=1S/C16H21N3O4/c1-16(2,3)23-15(22)18-11-6-4-5-7-12(11)19-9-10(14(17)21)8-13(19)20/h4-7,10H,8-9H2,1-3H3,(H2,17,21)(H,18,22).